The first-order valence-electron chi connectivity index (χ1n) is 9.13. The molecule has 1 aromatic heterocycles. The smallest absolute Gasteiger partial charge is 0.196 e. The number of thioether (sulfide) groups is 2. The Kier molecular flexibility index (Phi) is 6.30. The molecule has 4 aromatic rings. The summed E-state index contributed by atoms with van der Waals surface area (Å²) in [4.78, 5) is 1.20. The Morgan fingerprint density at radius 3 is 2.21 bits per heavy atom. The van der Waals surface area contributed by atoms with Gasteiger partial charge in [0.25, 0.3) is 0 Å². The topological polar surface area (TPSA) is 54.5 Å². The fraction of sp³-hybridized carbons (Fsp3) is 0.0870. The lowest BCUT2D eigenvalue weighted by molar-refractivity contribution is 0.864. The second-order valence-electron chi connectivity index (χ2n) is 6.23. The van der Waals surface area contributed by atoms with E-state index < -0.39 is 0 Å². The van der Waals surface area contributed by atoms with Crippen LogP contribution in [0.3, 0.4) is 0 Å². The van der Waals surface area contributed by atoms with E-state index in [1.807, 2.05) is 60.7 Å². The number of benzene rings is 3. The summed E-state index contributed by atoms with van der Waals surface area (Å²) in [6.45, 7) is 0. The van der Waals surface area contributed by atoms with Crippen LogP contribution in [-0.2, 0) is 11.5 Å². The van der Waals surface area contributed by atoms with Gasteiger partial charge in [-0.3, -0.25) is 4.57 Å². The highest BCUT2D eigenvalue weighted by Gasteiger charge is 2.15. The molecule has 0 radical (unpaired) electrons. The lowest BCUT2D eigenvalue weighted by Gasteiger charge is -2.10. The van der Waals surface area contributed by atoms with Crippen LogP contribution >= 0.6 is 23.5 Å². The summed E-state index contributed by atoms with van der Waals surface area (Å²) in [7, 11) is 0. The van der Waals surface area contributed by atoms with Gasteiger partial charge in [0.1, 0.15) is 5.82 Å². The van der Waals surface area contributed by atoms with Gasteiger partial charge in [0.15, 0.2) is 5.16 Å². The van der Waals surface area contributed by atoms with Crippen molar-refractivity contribution in [2.75, 3.05) is 0 Å². The van der Waals surface area contributed by atoms with E-state index in [4.69, 9.17) is 0 Å². The van der Waals surface area contributed by atoms with Crippen molar-refractivity contribution in [1.29, 1.82) is 5.26 Å². The number of rotatable bonds is 7. The summed E-state index contributed by atoms with van der Waals surface area (Å²) < 4.78 is 2.11. The largest absolute Gasteiger partial charge is 0.273 e. The Labute approximate surface area is 178 Å². The van der Waals surface area contributed by atoms with Gasteiger partial charge in [0, 0.05) is 16.3 Å². The first-order valence-corrected chi connectivity index (χ1v) is 11.1. The number of aromatic nitrogens is 3. The van der Waals surface area contributed by atoms with Gasteiger partial charge in [-0.15, -0.1) is 22.0 Å². The molecule has 0 aliphatic heterocycles. The van der Waals surface area contributed by atoms with Crippen LogP contribution in [0.15, 0.2) is 95.0 Å². The fourth-order valence-corrected chi connectivity index (χ4v) is 4.69. The van der Waals surface area contributed by atoms with Crippen LogP contribution in [0.25, 0.3) is 5.69 Å². The van der Waals surface area contributed by atoms with Gasteiger partial charge < -0.3 is 0 Å². The van der Waals surface area contributed by atoms with Gasteiger partial charge >= 0.3 is 0 Å². The summed E-state index contributed by atoms with van der Waals surface area (Å²) in [5.41, 5.74) is 2.74. The molecular formula is C23H18N4S2. The Hall–Kier alpha value is -3.01. The zero-order chi connectivity index (χ0) is 19.9. The Balaban J connectivity index is 1.60. The molecule has 1 heterocycles. The molecule has 0 amide bonds. The third kappa shape index (κ3) is 4.70. The second kappa shape index (κ2) is 9.46. The highest BCUT2D eigenvalue weighted by atomic mass is 32.2. The fourth-order valence-electron chi connectivity index (χ4n) is 2.89. The van der Waals surface area contributed by atoms with Crippen molar-refractivity contribution in [2.45, 2.75) is 21.6 Å². The molecule has 0 fully saturated rings. The van der Waals surface area contributed by atoms with Crippen molar-refractivity contribution >= 4 is 23.5 Å². The molecule has 3 aromatic carbocycles. The van der Waals surface area contributed by atoms with E-state index in [1.54, 1.807) is 23.5 Å². The minimum Gasteiger partial charge on any atom is -0.273 e. The molecule has 6 heteroatoms. The molecule has 29 heavy (non-hydrogen) atoms. The number of nitrogens with zero attached hydrogens (tertiary/aromatic N) is 4. The van der Waals surface area contributed by atoms with E-state index in [0.29, 0.717) is 11.3 Å². The average molecular weight is 415 g/mol. The minimum atomic E-state index is 0.667. The van der Waals surface area contributed by atoms with Gasteiger partial charge in [-0.2, -0.15) is 5.26 Å². The van der Waals surface area contributed by atoms with Crippen LogP contribution in [-0.4, -0.2) is 14.8 Å². The van der Waals surface area contributed by atoms with Crippen LogP contribution in [0.1, 0.15) is 17.0 Å². The van der Waals surface area contributed by atoms with Gasteiger partial charge in [-0.05, 0) is 35.9 Å². The first-order chi connectivity index (χ1) is 14.3. The van der Waals surface area contributed by atoms with Crippen molar-refractivity contribution in [3.63, 3.8) is 0 Å². The normalized spacial score (nSPS) is 10.6. The van der Waals surface area contributed by atoms with Gasteiger partial charge in [-0.1, -0.05) is 66.4 Å². The van der Waals surface area contributed by atoms with Gasteiger partial charge in [-0.25, -0.2) is 0 Å². The molecule has 0 saturated carbocycles. The van der Waals surface area contributed by atoms with Crippen molar-refractivity contribution < 1.29 is 0 Å². The number of hydrogen-bond acceptors (Lipinski definition) is 5. The summed E-state index contributed by atoms with van der Waals surface area (Å²) in [5, 5.41) is 19.1. The number of nitriles is 1. The SMILES string of the molecule is N#Cc1ccccc1CSc1nnc(CSc2ccccc2)n1-c1ccccc1. The monoisotopic (exact) mass is 414 g/mol. The van der Waals surface area contributed by atoms with E-state index >= 15 is 0 Å². The summed E-state index contributed by atoms with van der Waals surface area (Å²) in [6, 6.07) is 30.4. The van der Waals surface area contributed by atoms with Gasteiger partial charge in [0.2, 0.25) is 0 Å². The van der Waals surface area contributed by atoms with Crippen molar-refractivity contribution in [1.82, 2.24) is 14.8 Å². The minimum absolute atomic E-state index is 0.667. The molecule has 0 aliphatic carbocycles. The van der Waals surface area contributed by atoms with E-state index in [0.717, 1.165) is 28.0 Å². The van der Waals surface area contributed by atoms with Crippen LogP contribution in [0, 0.1) is 11.3 Å². The first kappa shape index (κ1) is 19.3. The van der Waals surface area contributed by atoms with Crippen LogP contribution in [0.2, 0.25) is 0 Å². The van der Waals surface area contributed by atoms with E-state index in [2.05, 4.69) is 45.1 Å². The summed E-state index contributed by atoms with van der Waals surface area (Å²) >= 11 is 3.34. The predicted octanol–water partition coefficient (Wildman–Crippen LogP) is 5.72. The molecule has 0 bridgehead atoms. The van der Waals surface area contributed by atoms with Crippen molar-refractivity contribution in [2.24, 2.45) is 0 Å². The molecule has 0 saturated heterocycles. The molecule has 0 spiro atoms. The van der Waals surface area contributed by atoms with Crippen LogP contribution < -0.4 is 0 Å². The lowest BCUT2D eigenvalue weighted by Crippen LogP contribution is -2.02. The summed E-state index contributed by atoms with van der Waals surface area (Å²) in [6.07, 6.45) is 0. The molecule has 4 rings (SSSR count). The van der Waals surface area contributed by atoms with E-state index in [9.17, 15) is 5.26 Å². The second-order valence-corrected chi connectivity index (χ2v) is 8.22. The zero-order valence-electron chi connectivity index (χ0n) is 15.6. The van der Waals surface area contributed by atoms with Crippen molar-refractivity contribution in [3.8, 4) is 11.8 Å². The highest BCUT2D eigenvalue weighted by molar-refractivity contribution is 7.98. The van der Waals surface area contributed by atoms with Gasteiger partial charge in [0.05, 0.1) is 17.4 Å². The standard InChI is InChI=1S/C23H18N4S2/c24-15-18-9-7-8-10-19(18)16-29-23-26-25-22(17-28-21-13-5-2-6-14-21)27(23)20-11-3-1-4-12-20/h1-14H,16-17H2. The lowest BCUT2D eigenvalue weighted by atomic mass is 10.1. The van der Waals surface area contributed by atoms with E-state index in [1.165, 1.54) is 4.90 Å². The quantitative estimate of drug-likeness (QED) is 0.362. The maximum Gasteiger partial charge on any atom is 0.196 e. The average Bonchev–Trinajstić information content (AvgIpc) is 3.20. The molecule has 142 valence electrons. The van der Waals surface area contributed by atoms with Crippen LogP contribution in [0.4, 0.5) is 0 Å². The molecule has 0 unspecified atom stereocenters. The molecule has 0 atom stereocenters. The predicted molar refractivity (Wildman–Crippen MR) is 118 cm³/mol. The summed E-state index contributed by atoms with van der Waals surface area (Å²) in [5.74, 6) is 2.29. The maximum atomic E-state index is 9.34. The maximum absolute atomic E-state index is 9.34. The molecule has 4 nitrogen and oxygen atoms in total. The highest BCUT2D eigenvalue weighted by Crippen LogP contribution is 2.29. The van der Waals surface area contributed by atoms with Crippen molar-refractivity contribution in [3.05, 3.63) is 102 Å². The Morgan fingerprint density at radius 1 is 0.759 bits per heavy atom. The van der Waals surface area contributed by atoms with Crippen LogP contribution in [0.5, 0.6) is 0 Å². The third-order valence-corrected chi connectivity index (χ3v) is 6.31. The zero-order valence-corrected chi connectivity index (χ0v) is 17.2. The third-order valence-electron chi connectivity index (χ3n) is 4.32. The number of para-hydroxylation sites is 1. The van der Waals surface area contributed by atoms with E-state index in [-0.39, 0.29) is 0 Å². The Morgan fingerprint density at radius 2 is 1.45 bits per heavy atom. The molecule has 0 aliphatic rings. The number of hydrogen-bond donors (Lipinski definition) is 0. The molecule has 0 N–H and O–H groups in total. The molecular weight excluding hydrogens is 396 g/mol. The Bertz CT molecular complexity index is 1120.